The van der Waals surface area contributed by atoms with E-state index in [9.17, 15) is 4.39 Å². The molecule has 0 aliphatic carbocycles. The van der Waals surface area contributed by atoms with Crippen LogP contribution < -0.4 is 4.74 Å². The molecule has 0 bridgehead atoms. The molecule has 22 heavy (non-hydrogen) atoms. The summed E-state index contributed by atoms with van der Waals surface area (Å²) in [6.07, 6.45) is 0. The van der Waals surface area contributed by atoms with Gasteiger partial charge in [0.25, 0.3) is 5.89 Å². The van der Waals surface area contributed by atoms with E-state index in [4.69, 9.17) is 20.9 Å². The molecule has 3 aromatic rings. The van der Waals surface area contributed by atoms with Gasteiger partial charge in [-0.1, -0.05) is 32.7 Å². The average molecular weight is 384 g/mol. The maximum Gasteiger partial charge on any atom is 0.258 e. The number of rotatable bonds is 4. The van der Waals surface area contributed by atoms with Gasteiger partial charge in [0.2, 0.25) is 5.82 Å². The van der Waals surface area contributed by atoms with Gasteiger partial charge in [0, 0.05) is 10.0 Å². The second-order valence-corrected chi connectivity index (χ2v) is 5.71. The Morgan fingerprint density at radius 1 is 1.18 bits per heavy atom. The summed E-state index contributed by atoms with van der Waals surface area (Å²) in [7, 11) is 0. The van der Waals surface area contributed by atoms with Crippen LogP contribution in [0, 0.1) is 5.82 Å². The van der Waals surface area contributed by atoms with Crippen molar-refractivity contribution >= 4 is 27.5 Å². The van der Waals surface area contributed by atoms with Crippen LogP contribution in [0.5, 0.6) is 5.75 Å². The molecule has 0 aliphatic rings. The Morgan fingerprint density at radius 3 is 2.68 bits per heavy atom. The van der Waals surface area contributed by atoms with Gasteiger partial charge in [0.1, 0.15) is 11.6 Å². The zero-order valence-electron chi connectivity index (χ0n) is 11.1. The minimum atomic E-state index is -0.322. The van der Waals surface area contributed by atoms with E-state index >= 15 is 0 Å². The summed E-state index contributed by atoms with van der Waals surface area (Å²) in [6, 6.07) is 11.1. The topological polar surface area (TPSA) is 48.2 Å². The summed E-state index contributed by atoms with van der Waals surface area (Å²) in [5, 5.41) is 4.30. The Kier molecular flexibility index (Phi) is 4.40. The highest BCUT2D eigenvalue weighted by Gasteiger charge is 2.10. The SMILES string of the molecule is Fc1ccc(-c2nc(COc3ccc(Br)cc3Cl)no2)cc1. The molecular formula is C15H9BrClFN2O2. The Labute approximate surface area is 139 Å². The van der Waals surface area contributed by atoms with Gasteiger partial charge in [-0.15, -0.1) is 0 Å². The van der Waals surface area contributed by atoms with Crippen molar-refractivity contribution in [1.29, 1.82) is 0 Å². The number of halogens is 3. The molecule has 112 valence electrons. The van der Waals surface area contributed by atoms with Gasteiger partial charge < -0.3 is 9.26 Å². The summed E-state index contributed by atoms with van der Waals surface area (Å²) in [5.41, 5.74) is 0.641. The summed E-state index contributed by atoms with van der Waals surface area (Å²) in [5.74, 6) is 0.883. The largest absolute Gasteiger partial charge is 0.484 e. The van der Waals surface area contributed by atoms with Crippen molar-refractivity contribution in [1.82, 2.24) is 10.1 Å². The lowest BCUT2D eigenvalue weighted by atomic mass is 10.2. The molecule has 0 saturated heterocycles. The third-order valence-corrected chi connectivity index (χ3v) is 3.60. The van der Waals surface area contributed by atoms with E-state index in [1.807, 2.05) is 6.07 Å². The highest BCUT2D eigenvalue weighted by atomic mass is 79.9. The lowest BCUT2D eigenvalue weighted by Crippen LogP contribution is -1.98. The summed E-state index contributed by atoms with van der Waals surface area (Å²) >= 11 is 9.38. The molecular weight excluding hydrogens is 375 g/mol. The van der Waals surface area contributed by atoms with E-state index in [1.54, 1.807) is 24.3 Å². The van der Waals surface area contributed by atoms with Crippen LogP contribution in [0.2, 0.25) is 5.02 Å². The molecule has 4 nitrogen and oxygen atoms in total. The fourth-order valence-corrected chi connectivity index (χ4v) is 2.48. The average Bonchev–Trinajstić information content (AvgIpc) is 2.96. The van der Waals surface area contributed by atoms with Crippen LogP contribution in [0.1, 0.15) is 5.82 Å². The van der Waals surface area contributed by atoms with Gasteiger partial charge >= 0.3 is 0 Å². The molecule has 0 amide bonds. The highest BCUT2D eigenvalue weighted by Crippen LogP contribution is 2.28. The third-order valence-electron chi connectivity index (χ3n) is 2.81. The maximum atomic E-state index is 12.9. The first-order valence-electron chi connectivity index (χ1n) is 6.28. The predicted octanol–water partition coefficient (Wildman–Crippen LogP) is 4.87. The number of aromatic nitrogens is 2. The van der Waals surface area contributed by atoms with Crippen LogP contribution in [0.25, 0.3) is 11.5 Å². The molecule has 2 aromatic carbocycles. The van der Waals surface area contributed by atoms with Gasteiger partial charge in [0.15, 0.2) is 6.61 Å². The Balaban J connectivity index is 1.70. The number of hydrogen-bond acceptors (Lipinski definition) is 4. The second kappa shape index (κ2) is 6.46. The van der Waals surface area contributed by atoms with Crippen molar-refractivity contribution in [2.24, 2.45) is 0 Å². The molecule has 1 heterocycles. The Bertz CT molecular complexity index is 792. The van der Waals surface area contributed by atoms with Crippen LogP contribution in [0.3, 0.4) is 0 Å². The Hall–Kier alpha value is -1.92. The van der Waals surface area contributed by atoms with E-state index < -0.39 is 0 Å². The first-order chi connectivity index (χ1) is 10.6. The minimum absolute atomic E-state index is 0.117. The number of benzene rings is 2. The quantitative estimate of drug-likeness (QED) is 0.645. The molecule has 0 atom stereocenters. The Morgan fingerprint density at radius 2 is 1.95 bits per heavy atom. The van der Waals surface area contributed by atoms with E-state index in [0.717, 1.165) is 4.47 Å². The molecule has 7 heteroatoms. The summed E-state index contributed by atoms with van der Waals surface area (Å²) < 4.78 is 24.4. The summed E-state index contributed by atoms with van der Waals surface area (Å²) in [4.78, 5) is 4.19. The molecule has 0 saturated carbocycles. The normalized spacial score (nSPS) is 10.7. The smallest absolute Gasteiger partial charge is 0.258 e. The zero-order chi connectivity index (χ0) is 15.5. The van der Waals surface area contributed by atoms with Crippen molar-refractivity contribution in [2.75, 3.05) is 0 Å². The van der Waals surface area contributed by atoms with Crippen molar-refractivity contribution in [3.63, 3.8) is 0 Å². The van der Waals surface area contributed by atoms with Crippen LogP contribution in [0.15, 0.2) is 51.5 Å². The van der Waals surface area contributed by atoms with Crippen molar-refractivity contribution in [2.45, 2.75) is 6.61 Å². The van der Waals surface area contributed by atoms with Gasteiger partial charge in [-0.3, -0.25) is 0 Å². The molecule has 0 spiro atoms. The van der Waals surface area contributed by atoms with Crippen LogP contribution >= 0.6 is 27.5 Å². The first-order valence-corrected chi connectivity index (χ1v) is 7.45. The van der Waals surface area contributed by atoms with Crippen molar-refractivity contribution < 1.29 is 13.7 Å². The molecule has 0 fully saturated rings. The van der Waals surface area contributed by atoms with Crippen LogP contribution in [0.4, 0.5) is 4.39 Å². The second-order valence-electron chi connectivity index (χ2n) is 4.39. The maximum absolute atomic E-state index is 12.9. The van der Waals surface area contributed by atoms with Gasteiger partial charge in [-0.05, 0) is 42.5 Å². The summed E-state index contributed by atoms with van der Waals surface area (Å²) in [6.45, 7) is 0.117. The van der Waals surface area contributed by atoms with Gasteiger partial charge in [-0.25, -0.2) is 4.39 Å². The number of nitrogens with zero attached hydrogens (tertiary/aromatic N) is 2. The van der Waals surface area contributed by atoms with Crippen LogP contribution in [-0.4, -0.2) is 10.1 Å². The fraction of sp³-hybridized carbons (Fsp3) is 0.0667. The predicted molar refractivity (Wildman–Crippen MR) is 83.2 cm³/mol. The third kappa shape index (κ3) is 3.45. The lowest BCUT2D eigenvalue weighted by Gasteiger charge is -2.05. The van der Waals surface area contributed by atoms with Crippen molar-refractivity contribution in [3.05, 3.63) is 63.6 Å². The van der Waals surface area contributed by atoms with Crippen LogP contribution in [-0.2, 0) is 6.61 Å². The number of hydrogen-bond donors (Lipinski definition) is 0. The lowest BCUT2D eigenvalue weighted by molar-refractivity contribution is 0.287. The van der Waals surface area contributed by atoms with Crippen molar-refractivity contribution in [3.8, 4) is 17.2 Å². The first kappa shape index (κ1) is 15.0. The minimum Gasteiger partial charge on any atom is -0.484 e. The van der Waals surface area contributed by atoms with Gasteiger partial charge in [0.05, 0.1) is 5.02 Å². The van der Waals surface area contributed by atoms with E-state index in [2.05, 4.69) is 26.1 Å². The standard InChI is InChI=1S/C15H9BrClFN2O2/c16-10-3-6-13(12(17)7-10)21-8-14-19-15(22-20-14)9-1-4-11(18)5-2-9/h1-7H,8H2. The molecule has 3 rings (SSSR count). The molecule has 1 aromatic heterocycles. The highest BCUT2D eigenvalue weighted by molar-refractivity contribution is 9.10. The van der Waals surface area contributed by atoms with E-state index in [1.165, 1.54) is 12.1 Å². The molecule has 0 radical (unpaired) electrons. The molecule has 0 aliphatic heterocycles. The monoisotopic (exact) mass is 382 g/mol. The van der Waals surface area contributed by atoms with Gasteiger partial charge in [-0.2, -0.15) is 4.98 Å². The zero-order valence-corrected chi connectivity index (χ0v) is 13.4. The fourth-order valence-electron chi connectivity index (χ4n) is 1.76. The molecule has 0 unspecified atom stereocenters. The number of ether oxygens (including phenoxy) is 1. The van der Waals surface area contributed by atoms with E-state index in [-0.39, 0.29) is 12.4 Å². The molecule has 0 N–H and O–H groups in total. The van der Waals surface area contributed by atoms with E-state index in [0.29, 0.717) is 28.1 Å².